The zero-order valence-corrected chi connectivity index (χ0v) is 8.28. The highest BCUT2D eigenvalue weighted by Gasteiger charge is 2.17. The third-order valence-corrected chi connectivity index (χ3v) is 2.32. The van der Waals surface area contributed by atoms with Gasteiger partial charge in [-0.15, -0.1) is 0 Å². The summed E-state index contributed by atoms with van der Waals surface area (Å²) in [6.07, 6.45) is 2.75. The van der Waals surface area contributed by atoms with Crippen molar-refractivity contribution < 1.29 is 0 Å². The van der Waals surface area contributed by atoms with Gasteiger partial charge in [-0.25, -0.2) is 4.98 Å². The molecule has 12 heavy (non-hydrogen) atoms. The molecular weight excluding hydrogens is 150 g/mol. The van der Waals surface area contributed by atoms with Gasteiger partial charge in [0.05, 0.1) is 0 Å². The van der Waals surface area contributed by atoms with Crippen LogP contribution in [-0.4, -0.2) is 14.8 Å². The maximum absolute atomic E-state index is 4.26. The number of aromatic nitrogens is 3. The van der Waals surface area contributed by atoms with Crippen LogP contribution in [0.2, 0.25) is 0 Å². The Labute approximate surface area is 73.8 Å². The fourth-order valence-corrected chi connectivity index (χ4v) is 1.59. The molecule has 3 nitrogen and oxygen atoms in total. The van der Waals surface area contributed by atoms with Crippen molar-refractivity contribution >= 4 is 0 Å². The molecule has 1 unspecified atom stereocenters. The summed E-state index contributed by atoms with van der Waals surface area (Å²) in [5, 5.41) is 4.07. The Bertz CT molecular complexity index is 240. The van der Waals surface area contributed by atoms with E-state index in [-0.39, 0.29) is 0 Å². The van der Waals surface area contributed by atoms with Crippen molar-refractivity contribution in [2.24, 2.45) is 13.0 Å². The summed E-state index contributed by atoms with van der Waals surface area (Å²) in [6, 6.07) is 0. The molecule has 1 heterocycles. The summed E-state index contributed by atoms with van der Waals surface area (Å²) in [5.74, 6) is 2.28. The highest BCUT2D eigenvalue weighted by Crippen LogP contribution is 2.24. The van der Waals surface area contributed by atoms with Gasteiger partial charge < -0.3 is 0 Å². The summed E-state index contributed by atoms with van der Waals surface area (Å²) in [6.45, 7) is 6.64. The molecule has 1 rings (SSSR count). The smallest absolute Gasteiger partial charge is 0.138 e. The van der Waals surface area contributed by atoms with Gasteiger partial charge in [0, 0.05) is 13.0 Å². The average molecular weight is 167 g/mol. The Hall–Kier alpha value is -0.860. The molecule has 0 spiro atoms. The minimum absolute atomic E-state index is 0.539. The van der Waals surface area contributed by atoms with Crippen molar-refractivity contribution in [1.82, 2.24) is 14.8 Å². The summed E-state index contributed by atoms with van der Waals surface area (Å²) in [5.41, 5.74) is 0. The summed E-state index contributed by atoms with van der Waals surface area (Å²) >= 11 is 0. The van der Waals surface area contributed by atoms with Crippen molar-refractivity contribution in [1.29, 1.82) is 0 Å². The molecule has 1 atom stereocenters. The van der Waals surface area contributed by atoms with Crippen LogP contribution in [0.5, 0.6) is 0 Å². The van der Waals surface area contributed by atoms with E-state index in [1.54, 1.807) is 6.33 Å². The maximum atomic E-state index is 4.26. The van der Waals surface area contributed by atoms with Gasteiger partial charge in [-0.05, 0) is 12.3 Å². The van der Waals surface area contributed by atoms with E-state index in [2.05, 4.69) is 30.9 Å². The first-order valence-corrected chi connectivity index (χ1v) is 4.50. The summed E-state index contributed by atoms with van der Waals surface area (Å²) < 4.78 is 1.87. The zero-order chi connectivity index (χ0) is 9.14. The van der Waals surface area contributed by atoms with Gasteiger partial charge in [0.15, 0.2) is 0 Å². The maximum Gasteiger partial charge on any atom is 0.138 e. The van der Waals surface area contributed by atoms with Gasteiger partial charge in [0.2, 0.25) is 0 Å². The van der Waals surface area contributed by atoms with E-state index in [0.29, 0.717) is 11.8 Å². The molecule has 0 aliphatic carbocycles. The van der Waals surface area contributed by atoms with Gasteiger partial charge >= 0.3 is 0 Å². The van der Waals surface area contributed by atoms with Gasteiger partial charge in [-0.2, -0.15) is 5.10 Å². The Morgan fingerprint density at radius 3 is 2.50 bits per heavy atom. The van der Waals surface area contributed by atoms with E-state index in [0.717, 1.165) is 12.2 Å². The lowest BCUT2D eigenvalue weighted by Gasteiger charge is -2.17. The normalized spacial score (nSPS) is 13.8. The molecule has 0 N–H and O–H groups in total. The highest BCUT2D eigenvalue weighted by molar-refractivity contribution is 4.95. The number of hydrogen-bond acceptors (Lipinski definition) is 2. The summed E-state index contributed by atoms with van der Waals surface area (Å²) in [7, 11) is 1.95. The SMILES string of the molecule is CCC(c1ncnn1C)C(C)C. The van der Waals surface area contributed by atoms with Crippen molar-refractivity contribution in [3.63, 3.8) is 0 Å². The van der Waals surface area contributed by atoms with Crippen molar-refractivity contribution in [3.05, 3.63) is 12.2 Å². The largest absolute Gasteiger partial charge is 0.253 e. The molecule has 0 saturated heterocycles. The quantitative estimate of drug-likeness (QED) is 0.689. The van der Waals surface area contributed by atoms with Gasteiger partial charge in [-0.3, -0.25) is 4.68 Å². The minimum atomic E-state index is 0.539. The van der Waals surface area contributed by atoms with Gasteiger partial charge in [-0.1, -0.05) is 20.8 Å². The average Bonchev–Trinajstić information content (AvgIpc) is 2.38. The van der Waals surface area contributed by atoms with Crippen LogP contribution in [0, 0.1) is 5.92 Å². The molecule has 0 aromatic carbocycles. The van der Waals surface area contributed by atoms with E-state index in [1.807, 2.05) is 11.7 Å². The lowest BCUT2D eigenvalue weighted by Crippen LogP contribution is -2.11. The van der Waals surface area contributed by atoms with Crippen LogP contribution in [0.3, 0.4) is 0 Å². The number of aryl methyl sites for hydroxylation is 1. The standard InChI is InChI=1S/C9H17N3/c1-5-8(7(2)3)9-10-6-11-12(9)4/h6-8H,5H2,1-4H3. The molecule has 3 heteroatoms. The second kappa shape index (κ2) is 3.70. The van der Waals surface area contributed by atoms with Crippen molar-refractivity contribution in [2.75, 3.05) is 0 Å². The molecule has 0 aliphatic heterocycles. The van der Waals surface area contributed by atoms with Crippen molar-refractivity contribution in [3.8, 4) is 0 Å². The minimum Gasteiger partial charge on any atom is -0.253 e. The molecular formula is C9H17N3. The fraction of sp³-hybridized carbons (Fsp3) is 0.778. The van der Waals surface area contributed by atoms with Crippen LogP contribution < -0.4 is 0 Å². The zero-order valence-electron chi connectivity index (χ0n) is 8.28. The van der Waals surface area contributed by atoms with Gasteiger partial charge in [0.1, 0.15) is 12.2 Å². The van der Waals surface area contributed by atoms with Crippen LogP contribution in [-0.2, 0) is 7.05 Å². The molecule has 0 saturated carbocycles. The molecule has 0 aliphatic rings. The lowest BCUT2D eigenvalue weighted by molar-refractivity contribution is 0.445. The van der Waals surface area contributed by atoms with Crippen LogP contribution in [0.25, 0.3) is 0 Å². The van der Waals surface area contributed by atoms with E-state index < -0.39 is 0 Å². The lowest BCUT2D eigenvalue weighted by atomic mass is 9.92. The topological polar surface area (TPSA) is 30.7 Å². The molecule has 0 fully saturated rings. The first-order chi connectivity index (χ1) is 5.66. The number of nitrogens with zero attached hydrogens (tertiary/aromatic N) is 3. The van der Waals surface area contributed by atoms with E-state index in [4.69, 9.17) is 0 Å². The molecule has 68 valence electrons. The third kappa shape index (κ3) is 1.65. The Morgan fingerprint density at radius 1 is 1.50 bits per heavy atom. The van der Waals surface area contributed by atoms with Gasteiger partial charge in [0.25, 0.3) is 0 Å². The first kappa shape index (κ1) is 9.23. The van der Waals surface area contributed by atoms with E-state index in [1.165, 1.54) is 0 Å². The van der Waals surface area contributed by atoms with Crippen LogP contribution >= 0.6 is 0 Å². The second-order valence-electron chi connectivity index (χ2n) is 3.50. The number of hydrogen-bond donors (Lipinski definition) is 0. The first-order valence-electron chi connectivity index (χ1n) is 4.50. The Morgan fingerprint density at radius 2 is 2.17 bits per heavy atom. The predicted molar refractivity (Wildman–Crippen MR) is 48.9 cm³/mol. The summed E-state index contributed by atoms with van der Waals surface area (Å²) in [4.78, 5) is 4.26. The highest BCUT2D eigenvalue weighted by atomic mass is 15.3. The molecule has 1 aromatic rings. The van der Waals surface area contributed by atoms with Crippen molar-refractivity contribution in [2.45, 2.75) is 33.1 Å². The van der Waals surface area contributed by atoms with E-state index in [9.17, 15) is 0 Å². The van der Waals surface area contributed by atoms with Crippen LogP contribution in [0.15, 0.2) is 6.33 Å². The number of rotatable bonds is 3. The molecule has 0 radical (unpaired) electrons. The third-order valence-electron chi connectivity index (χ3n) is 2.32. The fourth-order valence-electron chi connectivity index (χ4n) is 1.59. The van der Waals surface area contributed by atoms with Crippen LogP contribution in [0.4, 0.5) is 0 Å². The monoisotopic (exact) mass is 167 g/mol. The van der Waals surface area contributed by atoms with E-state index >= 15 is 0 Å². The predicted octanol–water partition coefficient (Wildman–Crippen LogP) is 1.96. The molecule has 0 amide bonds. The second-order valence-corrected chi connectivity index (χ2v) is 3.50. The molecule has 1 aromatic heterocycles. The molecule has 0 bridgehead atoms. The Balaban J connectivity index is 2.87. The van der Waals surface area contributed by atoms with Crippen LogP contribution in [0.1, 0.15) is 38.9 Å². The Kier molecular flexibility index (Phi) is 2.84.